The molecule has 6 nitrogen and oxygen atoms in total. The third-order valence-corrected chi connectivity index (χ3v) is 4.22. The normalized spacial score (nSPS) is 20.5. The Morgan fingerprint density at radius 1 is 1.21 bits per heavy atom. The second-order valence-corrected chi connectivity index (χ2v) is 6.63. The van der Waals surface area contributed by atoms with Crippen molar-refractivity contribution in [2.45, 2.75) is 58.6 Å². The average Bonchev–Trinajstić information content (AvgIpc) is 2.50. The van der Waals surface area contributed by atoms with Crippen molar-refractivity contribution in [3.05, 3.63) is 23.8 Å². The third kappa shape index (κ3) is 5.15. The Kier molecular flexibility index (Phi) is 6.06. The lowest BCUT2D eigenvalue weighted by Crippen LogP contribution is -2.40. The summed E-state index contributed by atoms with van der Waals surface area (Å²) in [5.41, 5.74) is 1.69. The van der Waals surface area contributed by atoms with Gasteiger partial charge in [-0.15, -0.1) is 0 Å². The summed E-state index contributed by atoms with van der Waals surface area (Å²) < 4.78 is 5.72. The standard InChI is InChI=1S/C18H26N2O4/c1-11(2)24-16-10-15(7-4-12(16)3)20-18(23)19-14-8-5-13(6-9-14)17(21)22/h4,7,10-11,13-14H,5-6,8-9H2,1-3H3,(H,21,22)(H2,19,20,23). The minimum Gasteiger partial charge on any atom is -0.491 e. The number of rotatable bonds is 5. The molecule has 0 aromatic heterocycles. The van der Waals surface area contributed by atoms with E-state index in [1.165, 1.54) is 0 Å². The minimum absolute atomic E-state index is 0.0254. The molecule has 132 valence electrons. The highest BCUT2D eigenvalue weighted by molar-refractivity contribution is 5.89. The number of carboxylic acid groups (broad SMARTS) is 1. The van der Waals surface area contributed by atoms with Crippen molar-refractivity contribution in [1.82, 2.24) is 5.32 Å². The highest BCUT2D eigenvalue weighted by Gasteiger charge is 2.26. The molecule has 2 amide bonds. The van der Waals surface area contributed by atoms with Gasteiger partial charge in [-0.2, -0.15) is 0 Å². The summed E-state index contributed by atoms with van der Waals surface area (Å²) in [6.45, 7) is 5.88. The number of urea groups is 1. The highest BCUT2D eigenvalue weighted by Crippen LogP contribution is 2.25. The van der Waals surface area contributed by atoms with Gasteiger partial charge in [0.15, 0.2) is 0 Å². The summed E-state index contributed by atoms with van der Waals surface area (Å²) in [6, 6.07) is 5.32. The van der Waals surface area contributed by atoms with Crippen molar-refractivity contribution in [2.75, 3.05) is 5.32 Å². The van der Waals surface area contributed by atoms with Gasteiger partial charge in [0, 0.05) is 17.8 Å². The van der Waals surface area contributed by atoms with E-state index in [0.717, 1.165) is 11.3 Å². The molecule has 0 radical (unpaired) electrons. The van der Waals surface area contributed by atoms with Crippen LogP contribution in [0, 0.1) is 12.8 Å². The molecular weight excluding hydrogens is 308 g/mol. The first kappa shape index (κ1) is 18.1. The predicted octanol–water partition coefficient (Wildman–Crippen LogP) is 3.55. The molecule has 0 spiro atoms. The molecule has 0 saturated heterocycles. The van der Waals surface area contributed by atoms with Crippen molar-refractivity contribution >= 4 is 17.7 Å². The smallest absolute Gasteiger partial charge is 0.319 e. The number of anilines is 1. The molecule has 2 rings (SSSR count). The fraction of sp³-hybridized carbons (Fsp3) is 0.556. The number of hydrogen-bond acceptors (Lipinski definition) is 3. The zero-order valence-electron chi connectivity index (χ0n) is 14.5. The number of amides is 2. The topological polar surface area (TPSA) is 87.7 Å². The maximum Gasteiger partial charge on any atom is 0.319 e. The largest absolute Gasteiger partial charge is 0.491 e. The van der Waals surface area contributed by atoms with Crippen LogP contribution in [0.1, 0.15) is 45.1 Å². The maximum atomic E-state index is 12.1. The number of aryl methyl sites for hydroxylation is 1. The summed E-state index contributed by atoms with van der Waals surface area (Å²) in [5.74, 6) is -0.265. The Hall–Kier alpha value is -2.24. The van der Waals surface area contributed by atoms with Crippen LogP contribution >= 0.6 is 0 Å². The molecular formula is C18H26N2O4. The molecule has 0 heterocycles. The zero-order valence-corrected chi connectivity index (χ0v) is 14.5. The van der Waals surface area contributed by atoms with Crippen molar-refractivity contribution in [2.24, 2.45) is 5.92 Å². The average molecular weight is 334 g/mol. The number of ether oxygens (including phenoxy) is 1. The van der Waals surface area contributed by atoms with Crippen molar-refractivity contribution in [3.63, 3.8) is 0 Å². The van der Waals surface area contributed by atoms with E-state index < -0.39 is 5.97 Å². The molecule has 0 bridgehead atoms. The summed E-state index contributed by atoms with van der Waals surface area (Å²) in [5, 5.41) is 14.7. The number of carbonyl (C=O) groups is 2. The molecule has 1 aliphatic carbocycles. The van der Waals surface area contributed by atoms with E-state index in [1.54, 1.807) is 0 Å². The van der Waals surface area contributed by atoms with Crippen LogP contribution in [0.5, 0.6) is 5.75 Å². The maximum absolute atomic E-state index is 12.1. The second-order valence-electron chi connectivity index (χ2n) is 6.63. The number of benzene rings is 1. The van der Waals surface area contributed by atoms with E-state index in [-0.39, 0.29) is 24.1 Å². The molecule has 1 aliphatic rings. The van der Waals surface area contributed by atoms with Gasteiger partial charge in [-0.05, 0) is 58.1 Å². The Labute approximate surface area is 142 Å². The monoisotopic (exact) mass is 334 g/mol. The minimum atomic E-state index is -0.741. The fourth-order valence-corrected chi connectivity index (χ4v) is 2.90. The molecule has 24 heavy (non-hydrogen) atoms. The van der Waals surface area contributed by atoms with Crippen LogP contribution in [0.3, 0.4) is 0 Å². The Morgan fingerprint density at radius 3 is 2.46 bits per heavy atom. The van der Waals surface area contributed by atoms with Gasteiger partial charge < -0.3 is 20.5 Å². The van der Waals surface area contributed by atoms with Gasteiger partial charge in [0.05, 0.1) is 12.0 Å². The van der Waals surface area contributed by atoms with Gasteiger partial charge in [-0.25, -0.2) is 4.79 Å². The van der Waals surface area contributed by atoms with Gasteiger partial charge in [0.2, 0.25) is 0 Å². The van der Waals surface area contributed by atoms with E-state index in [2.05, 4.69) is 10.6 Å². The van der Waals surface area contributed by atoms with Crippen molar-refractivity contribution in [1.29, 1.82) is 0 Å². The molecule has 1 aromatic rings. The zero-order chi connectivity index (χ0) is 17.7. The van der Waals surface area contributed by atoms with E-state index in [4.69, 9.17) is 9.84 Å². The number of carboxylic acids is 1. The van der Waals surface area contributed by atoms with Gasteiger partial charge in [-0.1, -0.05) is 6.07 Å². The summed E-state index contributed by atoms with van der Waals surface area (Å²) >= 11 is 0. The first-order chi connectivity index (χ1) is 11.3. The number of aliphatic carboxylic acids is 1. The Morgan fingerprint density at radius 2 is 1.88 bits per heavy atom. The lowest BCUT2D eigenvalue weighted by Gasteiger charge is -2.26. The molecule has 1 aromatic carbocycles. The Bertz CT molecular complexity index is 593. The molecule has 0 atom stereocenters. The van der Waals surface area contributed by atoms with Gasteiger partial charge in [0.1, 0.15) is 5.75 Å². The Balaban J connectivity index is 1.87. The van der Waals surface area contributed by atoms with Crippen LogP contribution < -0.4 is 15.4 Å². The molecule has 0 aliphatic heterocycles. The van der Waals surface area contributed by atoms with E-state index in [1.807, 2.05) is 39.0 Å². The van der Waals surface area contributed by atoms with Crippen LogP contribution in [0.15, 0.2) is 18.2 Å². The van der Waals surface area contributed by atoms with Crippen LogP contribution in [0.4, 0.5) is 10.5 Å². The molecule has 6 heteroatoms. The SMILES string of the molecule is Cc1ccc(NC(=O)NC2CCC(C(=O)O)CC2)cc1OC(C)C. The van der Waals surface area contributed by atoms with Crippen LogP contribution in [0.25, 0.3) is 0 Å². The fourth-order valence-electron chi connectivity index (χ4n) is 2.90. The predicted molar refractivity (Wildman–Crippen MR) is 92.5 cm³/mol. The highest BCUT2D eigenvalue weighted by atomic mass is 16.5. The van der Waals surface area contributed by atoms with Crippen LogP contribution in [-0.2, 0) is 4.79 Å². The number of hydrogen-bond donors (Lipinski definition) is 3. The first-order valence-electron chi connectivity index (χ1n) is 8.42. The van der Waals surface area contributed by atoms with Gasteiger partial charge >= 0.3 is 12.0 Å². The van der Waals surface area contributed by atoms with E-state index >= 15 is 0 Å². The van der Waals surface area contributed by atoms with Crippen molar-refractivity contribution < 1.29 is 19.4 Å². The second kappa shape index (κ2) is 8.04. The number of carbonyl (C=O) groups excluding carboxylic acids is 1. The lowest BCUT2D eigenvalue weighted by atomic mass is 9.86. The van der Waals surface area contributed by atoms with Crippen LogP contribution in [-0.4, -0.2) is 29.3 Å². The van der Waals surface area contributed by atoms with E-state index in [0.29, 0.717) is 31.4 Å². The third-order valence-electron chi connectivity index (χ3n) is 4.22. The molecule has 1 saturated carbocycles. The summed E-state index contributed by atoms with van der Waals surface area (Å²) in [6.07, 6.45) is 2.67. The quantitative estimate of drug-likeness (QED) is 0.768. The van der Waals surface area contributed by atoms with E-state index in [9.17, 15) is 9.59 Å². The van der Waals surface area contributed by atoms with Crippen molar-refractivity contribution in [3.8, 4) is 5.75 Å². The lowest BCUT2D eigenvalue weighted by molar-refractivity contribution is -0.142. The molecule has 0 unspecified atom stereocenters. The summed E-state index contributed by atoms with van der Waals surface area (Å²) in [7, 11) is 0. The summed E-state index contributed by atoms with van der Waals surface area (Å²) in [4.78, 5) is 23.1. The number of nitrogens with one attached hydrogen (secondary N) is 2. The van der Waals surface area contributed by atoms with Gasteiger partial charge in [-0.3, -0.25) is 4.79 Å². The van der Waals surface area contributed by atoms with Crippen LogP contribution in [0.2, 0.25) is 0 Å². The molecule has 1 fully saturated rings. The first-order valence-corrected chi connectivity index (χ1v) is 8.42. The van der Waals surface area contributed by atoms with Gasteiger partial charge in [0.25, 0.3) is 0 Å². The molecule has 3 N–H and O–H groups in total.